The Hall–Kier alpha value is -3.21. The molecule has 0 N–H and O–H groups in total. The molecular weight excluding hydrogens is 362 g/mol. The molecule has 4 rings (SSSR count). The SMILES string of the molecule is COc1ccccc1N1CCN(C(=O)c2cc(C)n(-c3ccccc3)c2C)CC1. The Kier molecular flexibility index (Phi) is 5.30. The molecule has 0 radical (unpaired) electrons. The van der Waals surface area contributed by atoms with E-state index >= 15 is 0 Å². The van der Waals surface area contributed by atoms with Crippen LogP contribution in [0.15, 0.2) is 60.7 Å². The summed E-state index contributed by atoms with van der Waals surface area (Å²) in [6.07, 6.45) is 0. The van der Waals surface area contributed by atoms with E-state index in [1.54, 1.807) is 7.11 Å². The Morgan fingerprint density at radius 1 is 0.897 bits per heavy atom. The van der Waals surface area contributed by atoms with Crippen LogP contribution < -0.4 is 9.64 Å². The van der Waals surface area contributed by atoms with E-state index in [4.69, 9.17) is 4.74 Å². The van der Waals surface area contributed by atoms with E-state index in [1.165, 1.54) is 0 Å². The second-order valence-electron chi connectivity index (χ2n) is 7.41. The molecule has 1 saturated heterocycles. The van der Waals surface area contributed by atoms with Gasteiger partial charge in [-0.05, 0) is 44.2 Å². The summed E-state index contributed by atoms with van der Waals surface area (Å²) in [4.78, 5) is 17.5. The average molecular weight is 389 g/mol. The van der Waals surface area contributed by atoms with Crippen molar-refractivity contribution in [1.82, 2.24) is 9.47 Å². The molecule has 0 bridgehead atoms. The minimum absolute atomic E-state index is 0.111. The van der Waals surface area contributed by atoms with Crippen LogP contribution in [0.3, 0.4) is 0 Å². The number of hydrogen-bond donors (Lipinski definition) is 0. The smallest absolute Gasteiger partial charge is 0.255 e. The van der Waals surface area contributed by atoms with Crippen LogP contribution in [0.5, 0.6) is 5.75 Å². The molecule has 2 aromatic carbocycles. The van der Waals surface area contributed by atoms with Crippen molar-refractivity contribution in [1.29, 1.82) is 0 Å². The van der Waals surface area contributed by atoms with E-state index in [0.717, 1.165) is 47.2 Å². The van der Waals surface area contributed by atoms with Gasteiger partial charge in [-0.1, -0.05) is 30.3 Å². The van der Waals surface area contributed by atoms with Gasteiger partial charge < -0.3 is 19.1 Å². The van der Waals surface area contributed by atoms with Gasteiger partial charge in [-0.2, -0.15) is 0 Å². The van der Waals surface area contributed by atoms with Crippen molar-refractivity contribution in [3.63, 3.8) is 0 Å². The quantitative estimate of drug-likeness (QED) is 0.675. The molecule has 150 valence electrons. The predicted octanol–water partition coefficient (Wildman–Crippen LogP) is 4.07. The largest absolute Gasteiger partial charge is 0.495 e. The van der Waals surface area contributed by atoms with Gasteiger partial charge in [0.2, 0.25) is 0 Å². The molecule has 0 aliphatic carbocycles. The Balaban J connectivity index is 1.51. The van der Waals surface area contributed by atoms with Gasteiger partial charge in [0.1, 0.15) is 5.75 Å². The van der Waals surface area contributed by atoms with Gasteiger partial charge in [0.05, 0.1) is 18.4 Å². The van der Waals surface area contributed by atoms with Crippen LogP contribution in [-0.4, -0.2) is 48.7 Å². The molecule has 5 nitrogen and oxygen atoms in total. The molecule has 1 fully saturated rings. The first kappa shape index (κ1) is 19.1. The number of aryl methyl sites for hydroxylation is 1. The van der Waals surface area contributed by atoms with Crippen molar-refractivity contribution in [2.75, 3.05) is 38.2 Å². The normalized spacial score (nSPS) is 14.2. The molecule has 3 aromatic rings. The molecular formula is C24H27N3O2. The number of piperazine rings is 1. The number of anilines is 1. The molecule has 0 unspecified atom stereocenters. The monoisotopic (exact) mass is 389 g/mol. The number of carbonyl (C=O) groups excluding carboxylic acids is 1. The van der Waals surface area contributed by atoms with Crippen LogP contribution in [-0.2, 0) is 0 Å². The van der Waals surface area contributed by atoms with Gasteiger partial charge in [0.25, 0.3) is 5.91 Å². The number of benzene rings is 2. The number of rotatable bonds is 4. The lowest BCUT2D eigenvalue weighted by Gasteiger charge is -2.36. The maximum Gasteiger partial charge on any atom is 0.255 e. The highest BCUT2D eigenvalue weighted by Gasteiger charge is 2.26. The van der Waals surface area contributed by atoms with Gasteiger partial charge in [-0.3, -0.25) is 4.79 Å². The van der Waals surface area contributed by atoms with Crippen LogP contribution in [0.25, 0.3) is 5.69 Å². The highest BCUT2D eigenvalue weighted by atomic mass is 16.5. The van der Waals surface area contributed by atoms with E-state index in [1.807, 2.05) is 54.3 Å². The van der Waals surface area contributed by atoms with Crippen LogP contribution in [0.1, 0.15) is 21.7 Å². The third kappa shape index (κ3) is 3.60. The molecule has 2 heterocycles. The number of nitrogens with zero attached hydrogens (tertiary/aromatic N) is 3. The molecule has 0 atom stereocenters. The maximum atomic E-state index is 13.3. The topological polar surface area (TPSA) is 37.7 Å². The third-order valence-electron chi connectivity index (χ3n) is 5.67. The molecule has 0 saturated carbocycles. The highest BCUT2D eigenvalue weighted by Crippen LogP contribution is 2.29. The first-order valence-electron chi connectivity index (χ1n) is 10.0. The summed E-state index contributed by atoms with van der Waals surface area (Å²) < 4.78 is 7.64. The number of carbonyl (C=O) groups is 1. The van der Waals surface area contributed by atoms with Crippen LogP contribution >= 0.6 is 0 Å². The zero-order valence-corrected chi connectivity index (χ0v) is 17.3. The summed E-state index contributed by atoms with van der Waals surface area (Å²) in [5.74, 6) is 0.985. The van der Waals surface area contributed by atoms with Gasteiger partial charge >= 0.3 is 0 Å². The number of methoxy groups -OCH3 is 1. The molecule has 1 aromatic heterocycles. The lowest BCUT2D eigenvalue weighted by molar-refractivity contribution is 0.0746. The fraction of sp³-hybridized carbons (Fsp3) is 0.292. The van der Waals surface area contributed by atoms with Gasteiger partial charge in [-0.15, -0.1) is 0 Å². The first-order chi connectivity index (χ1) is 14.1. The summed E-state index contributed by atoms with van der Waals surface area (Å²) in [6.45, 7) is 7.07. The van der Waals surface area contributed by atoms with Crippen molar-refractivity contribution in [2.24, 2.45) is 0 Å². The van der Waals surface area contributed by atoms with Crippen molar-refractivity contribution in [3.05, 3.63) is 77.6 Å². The summed E-state index contributed by atoms with van der Waals surface area (Å²) >= 11 is 0. The summed E-state index contributed by atoms with van der Waals surface area (Å²) in [5, 5.41) is 0. The highest BCUT2D eigenvalue weighted by molar-refractivity contribution is 5.96. The second kappa shape index (κ2) is 8.03. The van der Waals surface area contributed by atoms with Crippen molar-refractivity contribution < 1.29 is 9.53 Å². The maximum absolute atomic E-state index is 13.3. The number of aromatic nitrogens is 1. The Morgan fingerprint density at radius 3 is 2.24 bits per heavy atom. The second-order valence-corrected chi connectivity index (χ2v) is 7.41. The molecule has 29 heavy (non-hydrogen) atoms. The third-order valence-corrected chi connectivity index (χ3v) is 5.67. The Bertz CT molecular complexity index is 1000. The van der Waals surface area contributed by atoms with Gasteiger partial charge in [0.15, 0.2) is 0 Å². The summed E-state index contributed by atoms with van der Waals surface area (Å²) in [5.41, 5.74) is 5.03. The predicted molar refractivity (Wildman–Crippen MR) is 116 cm³/mol. The minimum atomic E-state index is 0.111. The van der Waals surface area contributed by atoms with Crippen LogP contribution in [0.2, 0.25) is 0 Å². The summed E-state index contributed by atoms with van der Waals surface area (Å²) in [6, 6.07) is 20.2. The van der Waals surface area contributed by atoms with E-state index in [9.17, 15) is 4.79 Å². The van der Waals surface area contributed by atoms with E-state index < -0.39 is 0 Å². The molecule has 0 spiro atoms. The lowest BCUT2D eigenvalue weighted by Crippen LogP contribution is -2.49. The Morgan fingerprint density at radius 2 is 1.55 bits per heavy atom. The van der Waals surface area contributed by atoms with E-state index in [-0.39, 0.29) is 5.91 Å². The first-order valence-corrected chi connectivity index (χ1v) is 10.0. The zero-order chi connectivity index (χ0) is 20.4. The van der Waals surface area contributed by atoms with Crippen molar-refractivity contribution in [3.8, 4) is 11.4 Å². The fourth-order valence-electron chi connectivity index (χ4n) is 4.17. The number of para-hydroxylation sites is 3. The average Bonchev–Trinajstić information content (AvgIpc) is 3.07. The van der Waals surface area contributed by atoms with Crippen LogP contribution in [0.4, 0.5) is 5.69 Å². The number of hydrogen-bond acceptors (Lipinski definition) is 3. The molecule has 1 aliphatic rings. The number of ether oxygens (including phenoxy) is 1. The summed E-state index contributed by atoms with van der Waals surface area (Å²) in [7, 11) is 1.70. The van der Waals surface area contributed by atoms with Crippen LogP contribution in [0, 0.1) is 13.8 Å². The zero-order valence-electron chi connectivity index (χ0n) is 17.3. The van der Waals surface area contributed by atoms with Gasteiger partial charge in [-0.25, -0.2) is 0 Å². The number of amides is 1. The standard InChI is InChI=1S/C24H27N3O2/c1-18-17-21(19(2)27(18)20-9-5-4-6-10-20)24(28)26-15-13-25(14-16-26)22-11-7-8-12-23(22)29-3/h4-12,17H,13-16H2,1-3H3. The van der Waals surface area contributed by atoms with Crippen molar-refractivity contribution >= 4 is 11.6 Å². The minimum Gasteiger partial charge on any atom is -0.495 e. The Labute approximate surface area is 172 Å². The lowest BCUT2D eigenvalue weighted by atomic mass is 10.1. The van der Waals surface area contributed by atoms with Gasteiger partial charge in [0, 0.05) is 43.3 Å². The molecule has 5 heteroatoms. The fourth-order valence-corrected chi connectivity index (χ4v) is 4.17. The van der Waals surface area contributed by atoms with Crippen molar-refractivity contribution in [2.45, 2.75) is 13.8 Å². The molecule has 1 amide bonds. The van der Waals surface area contributed by atoms with E-state index in [2.05, 4.69) is 34.6 Å². The molecule has 1 aliphatic heterocycles. The van der Waals surface area contributed by atoms with E-state index in [0.29, 0.717) is 13.1 Å².